The first-order valence-corrected chi connectivity index (χ1v) is 8.45. The van der Waals surface area contributed by atoms with Gasteiger partial charge in [-0.25, -0.2) is 5.43 Å². The van der Waals surface area contributed by atoms with Crippen molar-refractivity contribution < 1.29 is 19.4 Å². The Balaban J connectivity index is 1.82. The van der Waals surface area contributed by atoms with E-state index >= 15 is 0 Å². The summed E-state index contributed by atoms with van der Waals surface area (Å²) in [5, 5.41) is 16.5. The minimum atomic E-state index is -0.398. The molecule has 7 nitrogen and oxygen atoms in total. The summed E-state index contributed by atoms with van der Waals surface area (Å²) in [6.45, 7) is 3.85. The number of methoxy groups -OCH3 is 1. The number of benzene rings is 2. The molecule has 2 rings (SSSR count). The molecule has 0 saturated carbocycles. The molecule has 7 heteroatoms. The monoisotopic (exact) mass is 369 g/mol. The van der Waals surface area contributed by atoms with Crippen molar-refractivity contribution in [2.75, 3.05) is 12.4 Å². The molecule has 0 unspecified atom stereocenters. The Morgan fingerprint density at radius 1 is 1.15 bits per heavy atom. The third-order valence-corrected chi connectivity index (χ3v) is 3.89. The average molecular weight is 369 g/mol. The Bertz CT molecular complexity index is 862. The van der Waals surface area contributed by atoms with Gasteiger partial charge in [0.15, 0.2) is 11.5 Å². The van der Waals surface area contributed by atoms with Crippen molar-refractivity contribution in [1.29, 1.82) is 0 Å². The number of phenolic OH excluding ortho intramolecular Hbond substituents is 1. The van der Waals surface area contributed by atoms with Crippen LogP contribution in [-0.4, -0.2) is 30.2 Å². The fraction of sp³-hybridized carbons (Fsp3) is 0.250. The van der Waals surface area contributed by atoms with Crippen molar-refractivity contribution in [3.05, 3.63) is 53.1 Å². The second-order valence-electron chi connectivity index (χ2n) is 6.06. The van der Waals surface area contributed by atoms with Crippen LogP contribution in [0.2, 0.25) is 0 Å². The second-order valence-corrected chi connectivity index (χ2v) is 6.06. The number of hydrazone groups is 1. The molecule has 0 heterocycles. The molecular formula is C20H23N3O4. The molecule has 0 spiro atoms. The third-order valence-electron chi connectivity index (χ3n) is 3.89. The standard InChI is InChI=1S/C20H23N3O4/c1-13-7-8-14(2)16(11-13)22-18(24)9-10-19(25)23-21-12-15-5-4-6-17(27-3)20(15)26/h4-8,11-12,26H,9-10H2,1-3H3,(H,22,24)(H,23,25). The average Bonchev–Trinajstić information content (AvgIpc) is 2.64. The number of nitrogens with zero attached hydrogens (tertiary/aromatic N) is 1. The molecule has 27 heavy (non-hydrogen) atoms. The first kappa shape index (κ1) is 20.0. The molecular weight excluding hydrogens is 346 g/mol. The van der Waals surface area contributed by atoms with Crippen LogP contribution in [0.15, 0.2) is 41.5 Å². The van der Waals surface area contributed by atoms with Crippen molar-refractivity contribution in [2.24, 2.45) is 5.10 Å². The Morgan fingerprint density at radius 3 is 2.63 bits per heavy atom. The zero-order chi connectivity index (χ0) is 19.8. The van der Waals surface area contributed by atoms with Crippen molar-refractivity contribution in [3.63, 3.8) is 0 Å². The number of aromatic hydroxyl groups is 1. The van der Waals surface area contributed by atoms with E-state index in [-0.39, 0.29) is 24.5 Å². The Hall–Kier alpha value is -3.35. The third kappa shape index (κ3) is 5.85. The first-order chi connectivity index (χ1) is 12.9. The number of para-hydroxylation sites is 1. The number of hydrogen-bond acceptors (Lipinski definition) is 5. The number of nitrogens with one attached hydrogen (secondary N) is 2. The normalized spacial score (nSPS) is 10.6. The van der Waals surface area contributed by atoms with Gasteiger partial charge in [-0.3, -0.25) is 9.59 Å². The van der Waals surface area contributed by atoms with Gasteiger partial charge in [0, 0.05) is 24.1 Å². The highest BCUT2D eigenvalue weighted by atomic mass is 16.5. The fourth-order valence-electron chi connectivity index (χ4n) is 2.35. The quantitative estimate of drug-likeness (QED) is 0.516. The molecule has 0 saturated heterocycles. The van der Waals surface area contributed by atoms with Crippen LogP contribution in [0.5, 0.6) is 11.5 Å². The molecule has 0 aromatic heterocycles. The summed E-state index contributed by atoms with van der Waals surface area (Å²) >= 11 is 0. The molecule has 0 aliphatic carbocycles. The minimum absolute atomic E-state index is 0.00186. The maximum Gasteiger partial charge on any atom is 0.240 e. The van der Waals surface area contributed by atoms with Crippen LogP contribution in [0, 0.1) is 13.8 Å². The smallest absolute Gasteiger partial charge is 0.240 e. The molecule has 0 radical (unpaired) electrons. The van der Waals surface area contributed by atoms with Gasteiger partial charge in [-0.1, -0.05) is 18.2 Å². The number of anilines is 1. The first-order valence-electron chi connectivity index (χ1n) is 8.45. The molecule has 0 atom stereocenters. The van der Waals surface area contributed by atoms with Gasteiger partial charge in [-0.15, -0.1) is 0 Å². The lowest BCUT2D eigenvalue weighted by atomic mass is 10.1. The maximum absolute atomic E-state index is 12.0. The summed E-state index contributed by atoms with van der Waals surface area (Å²) in [6, 6.07) is 10.7. The van der Waals surface area contributed by atoms with Crippen molar-refractivity contribution in [2.45, 2.75) is 26.7 Å². The van der Waals surface area contributed by atoms with Gasteiger partial charge in [0.05, 0.1) is 13.3 Å². The van der Waals surface area contributed by atoms with Crippen LogP contribution in [0.25, 0.3) is 0 Å². The van der Waals surface area contributed by atoms with Gasteiger partial charge in [-0.2, -0.15) is 5.10 Å². The summed E-state index contributed by atoms with van der Waals surface area (Å²) in [5.41, 5.74) is 5.49. The second kappa shape index (κ2) is 9.38. The van der Waals surface area contributed by atoms with E-state index in [4.69, 9.17) is 4.74 Å². The number of carbonyl (C=O) groups excluding carboxylic acids is 2. The minimum Gasteiger partial charge on any atom is -0.504 e. The number of hydrogen-bond donors (Lipinski definition) is 3. The van der Waals surface area contributed by atoms with E-state index in [1.807, 2.05) is 32.0 Å². The van der Waals surface area contributed by atoms with E-state index in [2.05, 4.69) is 15.8 Å². The number of amides is 2. The molecule has 2 aromatic rings. The zero-order valence-electron chi connectivity index (χ0n) is 15.6. The van der Waals surface area contributed by atoms with Gasteiger partial charge in [0.1, 0.15) is 0 Å². The van der Waals surface area contributed by atoms with Gasteiger partial charge < -0.3 is 15.2 Å². The van der Waals surface area contributed by atoms with E-state index < -0.39 is 5.91 Å². The van der Waals surface area contributed by atoms with Gasteiger partial charge in [0.2, 0.25) is 11.8 Å². The van der Waals surface area contributed by atoms with E-state index in [1.165, 1.54) is 13.3 Å². The lowest BCUT2D eigenvalue weighted by molar-refractivity contribution is -0.124. The summed E-state index contributed by atoms with van der Waals surface area (Å²) in [6.07, 6.45) is 1.35. The molecule has 0 aliphatic rings. The summed E-state index contributed by atoms with van der Waals surface area (Å²) in [7, 11) is 1.45. The topological polar surface area (TPSA) is 100 Å². The Labute approximate surface area is 158 Å². The Morgan fingerprint density at radius 2 is 1.89 bits per heavy atom. The molecule has 142 valence electrons. The van der Waals surface area contributed by atoms with E-state index in [1.54, 1.807) is 18.2 Å². The van der Waals surface area contributed by atoms with Crippen LogP contribution in [0.3, 0.4) is 0 Å². The highest BCUT2D eigenvalue weighted by molar-refractivity contribution is 5.94. The SMILES string of the molecule is COc1cccc(C=NNC(=O)CCC(=O)Nc2cc(C)ccc2C)c1O. The van der Waals surface area contributed by atoms with Crippen LogP contribution < -0.4 is 15.5 Å². The van der Waals surface area contributed by atoms with Crippen LogP contribution in [-0.2, 0) is 9.59 Å². The highest BCUT2D eigenvalue weighted by Gasteiger charge is 2.09. The largest absolute Gasteiger partial charge is 0.504 e. The number of ether oxygens (including phenoxy) is 1. The van der Waals surface area contributed by atoms with E-state index in [9.17, 15) is 14.7 Å². The number of carbonyl (C=O) groups is 2. The molecule has 0 fully saturated rings. The maximum atomic E-state index is 12.0. The predicted octanol–water partition coefficient (Wildman–Crippen LogP) is 2.89. The predicted molar refractivity (Wildman–Crippen MR) is 104 cm³/mol. The molecule has 3 N–H and O–H groups in total. The van der Waals surface area contributed by atoms with Crippen LogP contribution in [0.4, 0.5) is 5.69 Å². The van der Waals surface area contributed by atoms with E-state index in [0.29, 0.717) is 11.3 Å². The summed E-state index contributed by atoms with van der Waals surface area (Å²) in [4.78, 5) is 23.8. The lowest BCUT2D eigenvalue weighted by Gasteiger charge is -2.09. The Kier molecular flexibility index (Phi) is 6.93. The van der Waals surface area contributed by atoms with Crippen LogP contribution >= 0.6 is 0 Å². The van der Waals surface area contributed by atoms with Gasteiger partial charge in [-0.05, 0) is 43.2 Å². The number of rotatable bonds is 7. The van der Waals surface area contributed by atoms with Gasteiger partial charge >= 0.3 is 0 Å². The number of phenols is 1. The van der Waals surface area contributed by atoms with Crippen molar-refractivity contribution in [1.82, 2.24) is 5.43 Å². The van der Waals surface area contributed by atoms with Crippen molar-refractivity contribution in [3.8, 4) is 11.5 Å². The molecule has 0 bridgehead atoms. The zero-order valence-corrected chi connectivity index (χ0v) is 15.6. The molecule has 0 aliphatic heterocycles. The van der Waals surface area contributed by atoms with Gasteiger partial charge in [0.25, 0.3) is 0 Å². The van der Waals surface area contributed by atoms with Crippen molar-refractivity contribution >= 4 is 23.7 Å². The lowest BCUT2D eigenvalue weighted by Crippen LogP contribution is -2.21. The summed E-state index contributed by atoms with van der Waals surface area (Å²) in [5.74, 6) is -0.391. The summed E-state index contributed by atoms with van der Waals surface area (Å²) < 4.78 is 5.00. The molecule has 2 amide bonds. The van der Waals surface area contributed by atoms with Crippen LogP contribution in [0.1, 0.15) is 29.5 Å². The number of aryl methyl sites for hydroxylation is 2. The highest BCUT2D eigenvalue weighted by Crippen LogP contribution is 2.27. The fourth-order valence-corrected chi connectivity index (χ4v) is 2.35. The molecule has 2 aromatic carbocycles. The van der Waals surface area contributed by atoms with E-state index in [0.717, 1.165) is 16.8 Å².